The zero-order chi connectivity index (χ0) is 8.06. The molecule has 5 heteroatoms. The number of rotatable bonds is 0. The van der Waals surface area contributed by atoms with E-state index in [0.717, 1.165) is 26.2 Å². The molecular weight excluding hydrogens is 206 g/mol. The topological polar surface area (TPSA) is 6.48 Å². The summed E-state index contributed by atoms with van der Waals surface area (Å²) in [5.74, 6) is 0. The van der Waals surface area contributed by atoms with Crippen molar-refractivity contribution < 1.29 is 0 Å². The van der Waals surface area contributed by atoms with Gasteiger partial charge in [-0.2, -0.15) is 0 Å². The van der Waals surface area contributed by atoms with Crippen LogP contribution in [0.2, 0.25) is 0 Å². The summed E-state index contributed by atoms with van der Waals surface area (Å²) in [6.07, 6.45) is 0. The Balaban J connectivity index is 2.23. The van der Waals surface area contributed by atoms with Gasteiger partial charge in [-0.15, -0.1) is 11.6 Å². The molecule has 0 aromatic carbocycles. The second-order valence-corrected chi connectivity index (χ2v) is 4.71. The van der Waals surface area contributed by atoms with Crippen molar-refractivity contribution in [3.8, 4) is 0 Å². The molecule has 64 valence electrons. The van der Waals surface area contributed by atoms with Gasteiger partial charge in [-0.3, -0.25) is 9.80 Å². The summed E-state index contributed by atoms with van der Waals surface area (Å²) in [5, 5.41) is 0. The number of hydrogen-bond donors (Lipinski definition) is 0. The molecule has 0 amide bonds. The third-order valence-electron chi connectivity index (χ3n) is 2.34. The van der Waals surface area contributed by atoms with Crippen molar-refractivity contribution in [3.05, 3.63) is 0 Å². The van der Waals surface area contributed by atoms with E-state index in [4.69, 9.17) is 34.8 Å². The smallest absolute Gasteiger partial charge is 0.200 e. The Morgan fingerprint density at radius 3 is 1.91 bits per heavy atom. The quantitative estimate of drug-likeness (QED) is 0.444. The Hall–Kier alpha value is 0.790. The van der Waals surface area contributed by atoms with E-state index in [9.17, 15) is 0 Å². The van der Waals surface area contributed by atoms with Gasteiger partial charge in [0.1, 0.15) is 5.50 Å². The van der Waals surface area contributed by atoms with Crippen molar-refractivity contribution in [1.29, 1.82) is 0 Å². The molecule has 1 atom stereocenters. The predicted molar refractivity (Wildman–Crippen MR) is 47.2 cm³/mol. The molecule has 3 aliphatic rings. The van der Waals surface area contributed by atoms with Crippen molar-refractivity contribution in [2.45, 2.75) is 9.96 Å². The van der Waals surface area contributed by atoms with Crippen molar-refractivity contribution in [3.63, 3.8) is 0 Å². The second kappa shape index (κ2) is 2.64. The molecule has 0 aliphatic carbocycles. The lowest BCUT2D eigenvalue weighted by molar-refractivity contribution is 0.0101. The molecule has 3 saturated heterocycles. The van der Waals surface area contributed by atoms with Crippen LogP contribution in [0.3, 0.4) is 0 Å². The molecule has 3 fully saturated rings. The molecule has 0 saturated carbocycles. The van der Waals surface area contributed by atoms with Crippen LogP contribution >= 0.6 is 34.8 Å². The molecule has 3 aliphatic heterocycles. The summed E-state index contributed by atoms with van der Waals surface area (Å²) in [6.45, 7) is 3.82. The van der Waals surface area contributed by atoms with E-state index < -0.39 is 4.46 Å². The summed E-state index contributed by atoms with van der Waals surface area (Å²) >= 11 is 18.1. The molecule has 0 aromatic heterocycles. The van der Waals surface area contributed by atoms with Crippen LogP contribution in [-0.2, 0) is 0 Å². The standard InChI is InChI=1S/C6H9Cl3N2/c7-5-6(8,9)11-3-1-10(5)2-4-11/h5H,1-4H2. The summed E-state index contributed by atoms with van der Waals surface area (Å²) in [7, 11) is 0. The first-order valence-corrected chi connectivity index (χ1v) is 4.82. The maximum atomic E-state index is 6.04. The van der Waals surface area contributed by atoms with Gasteiger partial charge >= 0.3 is 0 Å². The number of hydrogen-bond acceptors (Lipinski definition) is 2. The van der Waals surface area contributed by atoms with Gasteiger partial charge in [0.15, 0.2) is 0 Å². The molecule has 0 spiro atoms. The normalized spacial score (nSPS) is 47.7. The fourth-order valence-electron chi connectivity index (χ4n) is 1.62. The average Bonchev–Trinajstić information content (AvgIpc) is 2.01. The van der Waals surface area contributed by atoms with Crippen LogP contribution in [0.5, 0.6) is 0 Å². The molecular formula is C6H9Cl3N2. The number of fused-ring (bicyclic) bond motifs is 3. The Kier molecular flexibility index (Phi) is 2.01. The number of nitrogens with zero attached hydrogens (tertiary/aromatic N) is 2. The highest BCUT2D eigenvalue weighted by molar-refractivity contribution is 6.52. The van der Waals surface area contributed by atoms with E-state index in [1.54, 1.807) is 0 Å². The molecule has 3 heterocycles. The zero-order valence-electron chi connectivity index (χ0n) is 5.93. The second-order valence-electron chi connectivity index (χ2n) is 2.95. The van der Waals surface area contributed by atoms with Crippen LogP contribution in [0.15, 0.2) is 0 Å². The van der Waals surface area contributed by atoms with Gasteiger partial charge in [0, 0.05) is 26.2 Å². The van der Waals surface area contributed by atoms with E-state index in [1.165, 1.54) is 0 Å². The highest BCUT2D eigenvalue weighted by Gasteiger charge is 2.49. The van der Waals surface area contributed by atoms with Gasteiger partial charge in [-0.1, -0.05) is 23.2 Å². The minimum absolute atomic E-state index is 0.256. The minimum atomic E-state index is -0.877. The lowest BCUT2D eigenvalue weighted by Crippen LogP contribution is -2.67. The third kappa shape index (κ3) is 1.16. The largest absolute Gasteiger partial charge is 0.281 e. The summed E-state index contributed by atoms with van der Waals surface area (Å²) in [6, 6.07) is 0. The van der Waals surface area contributed by atoms with Gasteiger partial charge < -0.3 is 0 Å². The van der Waals surface area contributed by atoms with Crippen LogP contribution in [-0.4, -0.2) is 45.9 Å². The maximum absolute atomic E-state index is 6.04. The minimum Gasteiger partial charge on any atom is -0.281 e. The van der Waals surface area contributed by atoms with Gasteiger partial charge in [0.2, 0.25) is 4.46 Å². The summed E-state index contributed by atoms with van der Waals surface area (Å²) < 4.78 is -0.877. The van der Waals surface area contributed by atoms with Crippen LogP contribution in [0, 0.1) is 0 Å². The fraction of sp³-hybridized carbons (Fsp3) is 1.00. The van der Waals surface area contributed by atoms with E-state index >= 15 is 0 Å². The van der Waals surface area contributed by atoms with E-state index in [1.807, 2.05) is 4.90 Å². The lowest BCUT2D eigenvalue weighted by atomic mass is 10.2. The first-order chi connectivity index (χ1) is 5.12. The van der Waals surface area contributed by atoms with Gasteiger partial charge in [0.25, 0.3) is 0 Å². The molecule has 1 unspecified atom stereocenters. The van der Waals surface area contributed by atoms with E-state index in [-0.39, 0.29) is 5.50 Å². The number of alkyl halides is 3. The van der Waals surface area contributed by atoms with Gasteiger partial charge in [-0.05, 0) is 0 Å². The Labute approximate surface area is 81.0 Å². The van der Waals surface area contributed by atoms with Crippen molar-refractivity contribution >= 4 is 34.8 Å². The van der Waals surface area contributed by atoms with E-state index in [2.05, 4.69) is 4.90 Å². The van der Waals surface area contributed by atoms with Crippen molar-refractivity contribution in [1.82, 2.24) is 9.80 Å². The predicted octanol–water partition coefficient (Wildman–Crippen LogP) is 1.31. The third-order valence-corrected chi connectivity index (χ3v) is 4.05. The molecule has 3 rings (SSSR count). The SMILES string of the molecule is ClC1N2CCN(CC2)C1(Cl)Cl. The van der Waals surface area contributed by atoms with E-state index in [0.29, 0.717) is 0 Å². The highest BCUT2D eigenvalue weighted by atomic mass is 35.5. The molecule has 2 bridgehead atoms. The lowest BCUT2D eigenvalue weighted by Gasteiger charge is -2.52. The van der Waals surface area contributed by atoms with Crippen molar-refractivity contribution in [2.75, 3.05) is 26.2 Å². The highest BCUT2D eigenvalue weighted by Crippen LogP contribution is 2.40. The zero-order valence-corrected chi connectivity index (χ0v) is 8.20. The van der Waals surface area contributed by atoms with Crippen LogP contribution in [0.1, 0.15) is 0 Å². The summed E-state index contributed by atoms with van der Waals surface area (Å²) in [5.41, 5.74) is -0.256. The maximum Gasteiger partial charge on any atom is 0.200 e. The van der Waals surface area contributed by atoms with Crippen LogP contribution < -0.4 is 0 Å². The van der Waals surface area contributed by atoms with Gasteiger partial charge in [0.05, 0.1) is 0 Å². The number of piperazine rings is 3. The monoisotopic (exact) mass is 214 g/mol. The van der Waals surface area contributed by atoms with Crippen LogP contribution in [0.4, 0.5) is 0 Å². The average molecular weight is 216 g/mol. The molecule has 2 nitrogen and oxygen atoms in total. The fourth-order valence-corrected chi connectivity index (χ4v) is 2.56. The van der Waals surface area contributed by atoms with Crippen LogP contribution in [0.25, 0.3) is 0 Å². The Morgan fingerprint density at radius 2 is 1.64 bits per heavy atom. The first-order valence-electron chi connectivity index (χ1n) is 3.63. The molecule has 11 heavy (non-hydrogen) atoms. The first kappa shape index (κ1) is 8.39. The molecule has 0 N–H and O–H groups in total. The van der Waals surface area contributed by atoms with Gasteiger partial charge in [-0.25, -0.2) is 0 Å². The van der Waals surface area contributed by atoms with Crippen molar-refractivity contribution in [2.24, 2.45) is 0 Å². The number of halogens is 3. The Bertz CT molecular complexity index is 161. The summed E-state index contributed by atoms with van der Waals surface area (Å²) in [4.78, 5) is 4.13. The Morgan fingerprint density at radius 1 is 1.09 bits per heavy atom. The molecule has 0 aromatic rings. The molecule has 0 radical (unpaired) electrons.